The minimum absolute atomic E-state index is 0.332. The molecule has 0 amide bonds. The zero-order chi connectivity index (χ0) is 14.5. The van der Waals surface area contributed by atoms with E-state index >= 15 is 0 Å². The van der Waals surface area contributed by atoms with Gasteiger partial charge in [0.25, 0.3) is 0 Å². The molecular weight excluding hydrogens is 328 g/mol. The Balaban J connectivity index is 2.30. The number of nitrogens with one attached hydrogen (secondary N) is 1. The normalized spacial score (nSPS) is 10.6. The zero-order valence-electron chi connectivity index (χ0n) is 10.9. The summed E-state index contributed by atoms with van der Waals surface area (Å²) >= 11 is 3.23. The van der Waals surface area contributed by atoms with Crippen molar-refractivity contribution in [3.63, 3.8) is 0 Å². The Morgan fingerprint density at radius 2 is 1.95 bits per heavy atom. The second-order valence-corrected chi connectivity index (χ2v) is 5.03. The van der Waals surface area contributed by atoms with E-state index in [4.69, 9.17) is 4.74 Å². The summed E-state index contributed by atoms with van der Waals surface area (Å²) in [6, 6.07) is 8.76. The van der Waals surface area contributed by atoms with Gasteiger partial charge in [-0.15, -0.1) is 0 Å². The highest BCUT2D eigenvalue weighted by molar-refractivity contribution is 9.10. The van der Waals surface area contributed by atoms with E-state index in [0.29, 0.717) is 28.1 Å². The molecular formula is C15H14BrF2NO. The molecule has 2 aromatic carbocycles. The third kappa shape index (κ3) is 3.55. The van der Waals surface area contributed by atoms with Crippen LogP contribution in [-0.2, 0) is 6.54 Å². The second kappa shape index (κ2) is 6.81. The summed E-state index contributed by atoms with van der Waals surface area (Å²) in [7, 11) is 0. The van der Waals surface area contributed by atoms with Gasteiger partial charge in [-0.1, -0.05) is 13.0 Å². The van der Waals surface area contributed by atoms with Crippen molar-refractivity contribution in [3.8, 4) is 11.5 Å². The molecule has 0 atom stereocenters. The molecule has 5 heteroatoms. The first-order valence-electron chi connectivity index (χ1n) is 6.23. The van der Waals surface area contributed by atoms with Crippen LogP contribution in [0.5, 0.6) is 11.5 Å². The Kier molecular flexibility index (Phi) is 5.09. The molecule has 1 N–H and O–H groups in total. The number of hydrogen-bond acceptors (Lipinski definition) is 2. The lowest BCUT2D eigenvalue weighted by molar-refractivity contribution is 0.458. The molecule has 2 rings (SSSR count). The highest BCUT2D eigenvalue weighted by Crippen LogP contribution is 2.32. The molecule has 0 aliphatic rings. The van der Waals surface area contributed by atoms with Crippen LogP contribution in [0, 0.1) is 11.6 Å². The summed E-state index contributed by atoms with van der Waals surface area (Å²) in [5.74, 6) is 0.158. The van der Waals surface area contributed by atoms with Crippen molar-refractivity contribution in [1.29, 1.82) is 0 Å². The van der Waals surface area contributed by atoms with Crippen molar-refractivity contribution in [2.75, 3.05) is 6.54 Å². The van der Waals surface area contributed by atoms with Gasteiger partial charge in [-0.25, -0.2) is 8.78 Å². The molecule has 2 aromatic rings. The summed E-state index contributed by atoms with van der Waals surface area (Å²) in [5, 5.41) is 3.06. The molecule has 0 aliphatic heterocycles. The van der Waals surface area contributed by atoms with Crippen molar-refractivity contribution >= 4 is 15.9 Å². The highest BCUT2D eigenvalue weighted by Gasteiger charge is 2.11. The molecule has 0 spiro atoms. The molecule has 0 unspecified atom stereocenters. The molecule has 0 heterocycles. The van der Waals surface area contributed by atoms with E-state index < -0.39 is 0 Å². The molecule has 0 saturated carbocycles. The van der Waals surface area contributed by atoms with Crippen LogP contribution in [-0.4, -0.2) is 6.54 Å². The summed E-state index contributed by atoms with van der Waals surface area (Å²) in [4.78, 5) is 0. The van der Waals surface area contributed by atoms with Crippen LogP contribution in [0.4, 0.5) is 8.78 Å². The first-order valence-corrected chi connectivity index (χ1v) is 7.02. The lowest BCUT2D eigenvalue weighted by Gasteiger charge is -2.13. The SMILES string of the molecule is CCNCc1c(F)cccc1Oc1ccc(F)cc1Br. The van der Waals surface area contributed by atoms with Gasteiger partial charge in [-0.05, 0) is 52.8 Å². The van der Waals surface area contributed by atoms with Crippen LogP contribution in [0.1, 0.15) is 12.5 Å². The van der Waals surface area contributed by atoms with Crippen molar-refractivity contribution in [3.05, 3.63) is 58.1 Å². The van der Waals surface area contributed by atoms with Crippen molar-refractivity contribution in [2.45, 2.75) is 13.5 Å². The first-order chi connectivity index (χ1) is 9.61. The summed E-state index contributed by atoms with van der Waals surface area (Å²) < 4.78 is 33.1. The van der Waals surface area contributed by atoms with E-state index in [-0.39, 0.29) is 11.6 Å². The third-order valence-electron chi connectivity index (χ3n) is 2.74. The van der Waals surface area contributed by atoms with Crippen LogP contribution in [0.3, 0.4) is 0 Å². The summed E-state index contributed by atoms with van der Waals surface area (Å²) in [5.41, 5.74) is 0.450. The lowest BCUT2D eigenvalue weighted by atomic mass is 10.2. The number of rotatable bonds is 5. The fraction of sp³-hybridized carbons (Fsp3) is 0.200. The third-order valence-corrected chi connectivity index (χ3v) is 3.36. The van der Waals surface area contributed by atoms with E-state index in [9.17, 15) is 8.78 Å². The average Bonchev–Trinajstić information content (AvgIpc) is 2.41. The van der Waals surface area contributed by atoms with Crippen molar-refractivity contribution in [1.82, 2.24) is 5.32 Å². The minimum Gasteiger partial charge on any atom is -0.456 e. The van der Waals surface area contributed by atoms with Gasteiger partial charge in [0.15, 0.2) is 0 Å². The Bertz CT molecular complexity index is 604. The fourth-order valence-electron chi connectivity index (χ4n) is 1.73. The summed E-state index contributed by atoms with van der Waals surface area (Å²) in [6.45, 7) is 3.04. The van der Waals surface area contributed by atoms with E-state index in [0.717, 1.165) is 6.54 Å². The van der Waals surface area contributed by atoms with Gasteiger partial charge in [0.1, 0.15) is 23.1 Å². The summed E-state index contributed by atoms with van der Waals surface area (Å²) in [6.07, 6.45) is 0. The van der Waals surface area contributed by atoms with Crippen molar-refractivity contribution in [2.24, 2.45) is 0 Å². The Morgan fingerprint density at radius 3 is 2.65 bits per heavy atom. The van der Waals surface area contributed by atoms with Gasteiger partial charge in [0.05, 0.1) is 4.47 Å². The Labute approximate surface area is 124 Å². The molecule has 2 nitrogen and oxygen atoms in total. The molecule has 20 heavy (non-hydrogen) atoms. The standard InChI is InChI=1S/C15H14BrF2NO/c1-2-19-9-11-13(18)4-3-5-14(11)20-15-7-6-10(17)8-12(15)16/h3-8,19H,2,9H2,1H3. The van der Waals surface area contributed by atoms with E-state index in [2.05, 4.69) is 21.2 Å². The van der Waals surface area contributed by atoms with E-state index in [1.165, 1.54) is 24.3 Å². The molecule has 0 fully saturated rings. The first kappa shape index (κ1) is 14.9. The van der Waals surface area contributed by atoms with Gasteiger partial charge < -0.3 is 10.1 Å². The molecule has 106 valence electrons. The predicted molar refractivity (Wildman–Crippen MR) is 78.0 cm³/mol. The largest absolute Gasteiger partial charge is 0.456 e. The van der Waals surface area contributed by atoms with Gasteiger partial charge in [0.2, 0.25) is 0 Å². The maximum atomic E-state index is 13.8. The molecule has 0 saturated heterocycles. The van der Waals surface area contributed by atoms with Gasteiger partial charge in [0, 0.05) is 12.1 Å². The number of ether oxygens (including phenoxy) is 1. The van der Waals surface area contributed by atoms with Gasteiger partial charge >= 0.3 is 0 Å². The fourth-order valence-corrected chi connectivity index (χ4v) is 2.16. The molecule has 0 aliphatic carbocycles. The van der Waals surface area contributed by atoms with Crippen LogP contribution in [0.2, 0.25) is 0 Å². The Morgan fingerprint density at radius 1 is 1.15 bits per heavy atom. The average molecular weight is 342 g/mol. The lowest BCUT2D eigenvalue weighted by Crippen LogP contribution is -2.13. The zero-order valence-corrected chi connectivity index (χ0v) is 12.5. The molecule has 0 bridgehead atoms. The van der Waals surface area contributed by atoms with Crippen molar-refractivity contribution < 1.29 is 13.5 Å². The number of benzene rings is 2. The number of hydrogen-bond donors (Lipinski definition) is 1. The molecule has 0 radical (unpaired) electrons. The van der Waals surface area contributed by atoms with Crippen LogP contribution in [0.15, 0.2) is 40.9 Å². The Hall–Kier alpha value is -1.46. The minimum atomic E-state index is -0.364. The number of halogens is 3. The maximum absolute atomic E-state index is 13.8. The predicted octanol–water partition coefficient (Wildman–Crippen LogP) is 4.63. The van der Waals surface area contributed by atoms with E-state index in [1.54, 1.807) is 12.1 Å². The quantitative estimate of drug-likeness (QED) is 0.856. The maximum Gasteiger partial charge on any atom is 0.141 e. The van der Waals surface area contributed by atoms with Crippen LogP contribution < -0.4 is 10.1 Å². The van der Waals surface area contributed by atoms with Gasteiger partial charge in [-0.3, -0.25) is 0 Å². The second-order valence-electron chi connectivity index (χ2n) is 4.17. The smallest absolute Gasteiger partial charge is 0.141 e. The van der Waals surface area contributed by atoms with Crippen LogP contribution in [0.25, 0.3) is 0 Å². The highest BCUT2D eigenvalue weighted by atomic mass is 79.9. The van der Waals surface area contributed by atoms with E-state index in [1.807, 2.05) is 6.92 Å². The topological polar surface area (TPSA) is 21.3 Å². The molecule has 0 aromatic heterocycles. The van der Waals surface area contributed by atoms with Crippen LogP contribution >= 0.6 is 15.9 Å². The monoisotopic (exact) mass is 341 g/mol. The van der Waals surface area contributed by atoms with Gasteiger partial charge in [-0.2, -0.15) is 0 Å².